The fraction of sp³-hybridized carbons (Fsp3) is 0.333. The van der Waals surface area contributed by atoms with Crippen molar-refractivity contribution in [3.05, 3.63) is 65.9 Å². The van der Waals surface area contributed by atoms with E-state index in [2.05, 4.69) is 50.3 Å². The highest BCUT2D eigenvalue weighted by Crippen LogP contribution is 2.19. The highest BCUT2D eigenvalue weighted by Gasteiger charge is 2.21. The van der Waals surface area contributed by atoms with E-state index in [1.54, 1.807) is 0 Å². The third kappa shape index (κ3) is 3.72. The maximum Gasteiger partial charge on any atom is 0.220 e. The first-order chi connectivity index (χ1) is 12.7. The molecule has 1 aliphatic heterocycles. The van der Waals surface area contributed by atoms with Gasteiger partial charge in [0.1, 0.15) is 5.82 Å². The van der Waals surface area contributed by atoms with Gasteiger partial charge >= 0.3 is 0 Å². The van der Waals surface area contributed by atoms with Crippen LogP contribution in [0.1, 0.15) is 30.1 Å². The normalized spacial score (nSPS) is 16.3. The molecule has 0 bridgehead atoms. The number of nitrogens with one attached hydrogen (secondary N) is 2. The summed E-state index contributed by atoms with van der Waals surface area (Å²) in [6, 6.07) is 14.6. The summed E-state index contributed by atoms with van der Waals surface area (Å²) in [5, 5.41) is 3.18. The second-order valence-electron chi connectivity index (χ2n) is 7.02. The van der Waals surface area contributed by atoms with Crippen LogP contribution in [0.2, 0.25) is 0 Å². The van der Waals surface area contributed by atoms with Gasteiger partial charge in [-0.15, -0.1) is 0 Å². The zero-order valence-electron chi connectivity index (χ0n) is 15.0. The van der Waals surface area contributed by atoms with Gasteiger partial charge in [0.15, 0.2) is 0 Å². The van der Waals surface area contributed by atoms with E-state index in [1.165, 1.54) is 0 Å². The Balaban J connectivity index is 1.29. The van der Waals surface area contributed by atoms with Crippen molar-refractivity contribution in [3.63, 3.8) is 0 Å². The van der Waals surface area contributed by atoms with Gasteiger partial charge in [-0.3, -0.25) is 4.79 Å². The monoisotopic (exact) mass is 348 g/mol. The average molecular weight is 348 g/mol. The summed E-state index contributed by atoms with van der Waals surface area (Å²) in [5.74, 6) is 1.25. The molecule has 3 aromatic rings. The van der Waals surface area contributed by atoms with Crippen molar-refractivity contribution in [2.45, 2.75) is 45.2 Å². The van der Waals surface area contributed by atoms with E-state index in [0.29, 0.717) is 6.42 Å². The SMILES string of the molecule is Cc1cn2c(n1)CC[C@H](NC(=O)CCc1ccc(-c3ccccc3)[nH]1)C2. The van der Waals surface area contributed by atoms with Crippen LogP contribution in [0, 0.1) is 6.92 Å². The maximum atomic E-state index is 12.3. The first kappa shape index (κ1) is 16.6. The summed E-state index contributed by atoms with van der Waals surface area (Å²) in [6.07, 6.45) is 5.18. The minimum absolute atomic E-state index is 0.117. The Morgan fingerprint density at radius 1 is 1.27 bits per heavy atom. The summed E-state index contributed by atoms with van der Waals surface area (Å²) in [7, 11) is 0. The number of aromatic amines is 1. The number of benzene rings is 1. The molecule has 2 N–H and O–H groups in total. The third-order valence-corrected chi connectivity index (χ3v) is 4.93. The summed E-state index contributed by atoms with van der Waals surface area (Å²) < 4.78 is 2.17. The largest absolute Gasteiger partial charge is 0.358 e. The molecule has 4 rings (SSSR count). The third-order valence-electron chi connectivity index (χ3n) is 4.93. The summed E-state index contributed by atoms with van der Waals surface area (Å²) in [4.78, 5) is 20.3. The predicted octanol–water partition coefficient (Wildman–Crippen LogP) is 3.25. The topological polar surface area (TPSA) is 62.7 Å². The van der Waals surface area contributed by atoms with Crippen LogP contribution in [-0.4, -0.2) is 26.5 Å². The Morgan fingerprint density at radius 2 is 2.12 bits per heavy atom. The lowest BCUT2D eigenvalue weighted by Gasteiger charge is -2.24. The minimum atomic E-state index is 0.117. The van der Waals surface area contributed by atoms with E-state index in [0.717, 1.165) is 54.3 Å². The predicted molar refractivity (Wildman–Crippen MR) is 102 cm³/mol. The molecule has 26 heavy (non-hydrogen) atoms. The number of fused-ring (bicyclic) bond motifs is 1. The van der Waals surface area contributed by atoms with Gasteiger partial charge in [-0.1, -0.05) is 30.3 Å². The number of amides is 1. The first-order valence-electron chi connectivity index (χ1n) is 9.23. The van der Waals surface area contributed by atoms with Crippen LogP contribution in [0.3, 0.4) is 0 Å². The molecule has 3 heterocycles. The summed E-state index contributed by atoms with van der Waals surface area (Å²) >= 11 is 0. The molecule has 1 aromatic carbocycles. The fourth-order valence-corrected chi connectivity index (χ4v) is 3.62. The number of carbonyl (C=O) groups is 1. The van der Waals surface area contributed by atoms with Gasteiger partial charge in [-0.05, 0) is 37.5 Å². The highest BCUT2D eigenvalue weighted by atomic mass is 16.1. The van der Waals surface area contributed by atoms with Gasteiger partial charge in [0.25, 0.3) is 0 Å². The molecule has 5 nitrogen and oxygen atoms in total. The van der Waals surface area contributed by atoms with Gasteiger partial charge in [-0.25, -0.2) is 4.98 Å². The van der Waals surface area contributed by atoms with E-state index in [9.17, 15) is 4.79 Å². The van der Waals surface area contributed by atoms with Crippen molar-refractivity contribution in [3.8, 4) is 11.3 Å². The molecule has 0 saturated carbocycles. The van der Waals surface area contributed by atoms with E-state index in [1.807, 2.05) is 25.1 Å². The van der Waals surface area contributed by atoms with E-state index < -0.39 is 0 Å². The van der Waals surface area contributed by atoms with Crippen molar-refractivity contribution in [2.24, 2.45) is 0 Å². The zero-order valence-corrected chi connectivity index (χ0v) is 15.0. The van der Waals surface area contributed by atoms with Gasteiger partial charge in [0.2, 0.25) is 5.91 Å². The van der Waals surface area contributed by atoms with Crippen LogP contribution in [0.4, 0.5) is 0 Å². The van der Waals surface area contributed by atoms with Crippen LogP contribution < -0.4 is 5.32 Å². The Morgan fingerprint density at radius 3 is 2.96 bits per heavy atom. The average Bonchev–Trinajstić information content (AvgIpc) is 3.26. The molecule has 0 unspecified atom stereocenters. The van der Waals surface area contributed by atoms with Crippen molar-refractivity contribution < 1.29 is 4.79 Å². The maximum absolute atomic E-state index is 12.3. The second kappa shape index (κ2) is 7.20. The molecule has 2 aromatic heterocycles. The molecule has 134 valence electrons. The van der Waals surface area contributed by atoms with Crippen molar-refractivity contribution >= 4 is 5.91 Å². The molecule has 5 heteroatoms. The van der Waals surface area contributed by atoms with Crippen molar-refractivity contribution in [2.75, 3.05) is 0 Å². The second-order valence-corrected chi connectivity index (χ2v) is 7.02. The first-order valence-corrected chi connectivity index (χ1v) is 9.23. The number of nitrogens with zero attached hydrogens (tertiary/aromatic N) is 2. The molecule has 0 saturated heterocycles. The lowest BCUT2D eigenvalue weighted by Crippen LogP contribution is -2.41. The van der Waals surface area contributed by atoms with Crippen LogP contribution in [0.15, 0.2) is 48.7 Å². The van der Waals surface area contributed by atoms with Gasteiger partial charge in [-0.2, -0.15) is 0 Å². The van der Waals surface area contributed by atoms with Crippen LogP contribution in [-0.2, 0) is 24.2 Å². The fourth-order valence-electron chi connectivity index (χ4n) is 3.62. The Bertz CT molecular complexity index is 894. The molecule has 1 atom stereocenters. The van der Waals surface area contributed by atoms with E-state index in [4.69, 9.17) is 0 Å². The number of hydrogen-bond acceptors (Lipinski definition) is 2. The number of imidazole rings is 1. The molecular weight excluding hydrogens is 324 g/mol. The Kier molecular flexibility index (Phi) is 4.61. The molecule has 0 aliphatic carbocycles. The van der Waals surface area contributed by atoms with Crippen LogP contribution in [0.25, 0.3) is 11.3 Å². The Hall–Kier alpha value is -2.82. The van der Waals surface area contributed by atoms with E-state index in [-0.39, 0.29) is 11.9 Å². The number of carbonyl (C=O) groups excluding carboxylic acids is 1. The lowest BCUT2D eigenvalue weighted by molar-refractivity contribution is -0.122. The van der Waals surface area contributed by atoms with Gasteiger partial charge in [0, 0.05) is 43.0 Å². The number of H-pyrrole nitrogens is 1. The molecule has 1 aliphatic rings. The number of aryl methyl sites for hydroxylation is 3. The zero-order chi connectivity index (χ0) is 17.9. The van der Waals surface area contributed by atoms with Gasteiger partial charge in [0.05, 0.1) is 5.69 Å². The summed E-state index contributed by atoms with van der Waals surface area (Å²) in [5.41, 5.74) is 4.40. The molecule has 0 spiro atoms. The number of aromatic nitrogens is 3. The quantitative estimate of drug-likeness (QED) is 0.743. The van der Waals surface area contributed by atoms with Crippen molar-refractivity contribution in [1.82, 2.24) is 19.9 Å². The number of rotatable bonds is 5. The molecular formula is C21H24N4O. The minimum Gasteiger partial charge on any atom is -0.358 e. The van der Waals surface area contributed by atoms with Gasteiger partial charge < -0.3 is 14.9 Å². The highest BCUT2D eigenvalue weighted by molar-refractivity contribution is 5.76. The number of hydrogen-bond donors (Lipinski definition) is 2. The molecule has 0 fully saturated rings. The van der Waals surface area contributed by atoms with E-state index >= 15 is 0 Å². The van der Waals surface area contributed by atoms with Crippen LogP contribution in [0.5, 0.6) is 0 Å². The Labute approximate surface area is 153 Å². The van der Waals surface area contributed by atoms with Crippen LogP contribution >= 0.6 is 0 Å². The standard InChI is InChI=1S/C21H24N4O/c1-15-13-25-14-18(8-11-20(25)22-15)24-21(26)12-9-17-7-10-19(23-17)16-5-3-2-4-6-16/h2-7,10,13,18,23H,8-9,11-12,14H2,1H3,(H,24,26)/t18-/m0/s1. The summed E-state index contributed by atoms with van der Waals surface area (Å²) in [6.45, 7) is 2.83. The smallest absolute Gasteiger partial charge is 0.220 e. The van der Waals surface area contributed by atoms with Crippen molar-refractivity contribution in [1.29, 1.82) is 0 Å². The molecule has 1 amide bonds. The molecule has 0 radical (unpaired) electrons. The lowest BCUT2D eigenvalue weighted by atomic mass is 10.1.